The lowest BCUT2D eigenvalue weighted by molar-refractivity contribution is 0.0572. The van der Waals surface area contributed by atoms with E-state index in [-0.39, 0.29) is 0 Å². The Hall–Kier alpha value is -0.690. The molecule has 6 heteroatoms. The van der Waals surface area contributed by atoms with Crippen LogP contribution in [0.15, 0.2) is 6.20 Å². The normalized spacial score (nSPS) is 28.4. The minimum absolute atomic E-state index is 0.513. The maximum Gasteiger partial charge on any atom is 0.180 e. The lowest BCUT2D eigenvalue weighted by Crippen LogP contribution is -2.22. The number of aromatic nitrogens is 1. The van der Waals surface area contributed by atoms with Gasteiger partial charge in [-0.2, -0.15) is 0 Å². The molecule has 0 radical (unpaired) electrons. The maximum atomic E-state index is 9.32. The highest BCUT2D eigenvalue weighted by molar-refractivity contribution is 7.15. The smallest absolute Gasteiger partial charge is 0.180 e. The molecule has 1 aliphatic heterocycles. The zero-order valence-corrected chi connectivity index (χ0v) is 8.44. The molecule has 0 spiro atoms. The van der Waals surface area contributed by atoms with Gasteiger partial charge in [-0.15, -0.1) is 11.3 Å². The van der Waals surface area contributed by atoms with Crippen LogP contribution in [0.25, 0.3) is 0 Å². The van der Waals surface area contributed by atoms with Crippen molar-refractivity contribution in [3.63, 3.8) is 0 Å². The number of likely N-dealkylation sites (tertiary alicyclic amines) is 1. The van der Waals surface area contributed by atoms with Crippen molar-refractivity contribution in [2.24, 2.45) is 0 Å². The molecule has 0 bridgehead atoms. The summed E-state index contributed by atoms with van der Waals surface area (Å²) in [4.78, 5) is 6.99. The van der Waals surface area contributed by atoms with E-state index in [1.807, 2.05) is 4.90 Å². The molecule has 0 aromatic carbocycles. The van der Waals surface area contributed by atoms with Crippen molar-refractivity contribution in [2.75, 3.05) is 18.8 Å². The fraction of sp³-hybridized carbons (Fsp3) is 0.625. The van der Waals surface area contributed by atoms with Gasteiger partial charge in [0, 0.05) is 30.7 Å². The number of aliphatic hydroxyl groups excluding tert-OH is 2. The number of thiazole rings is 1. The van der Waals surface area contributed by atoms with Crippen LogP contribution in [0, 0.1) is 0 Å². The van der Waals surface area contributed by atoms with Crippen LogP contribution >= 0.6 is 11.3 Å². The number of nitrogens with two attached hydrogens (primary N) is 1. The lowest BCUT2D eigenvalue weighted by Gasteiger charge is -2.12. The van der Waals surface area contributed by atoms with Gasteiger partial charge in [-0.1, -0.05) is 0 Å². The van der Waals surface area contributed by atoms with E-state index in [2.05, 4.69) is 4.98 Å². The van der Waals surface area contributed by atoms with Crippen LogP contribution in [-0.2, 0) is 6.54 Å². The summed E-state index contributed by atoms with van der Waals surface area (Å²) < 4.78 is 0. The first kappa shape index (κ1) is 9.85. The van der Waals surface area contributed by atoms with E-state index in [9.17, 15) is 10.2 Å². The average Bonchev–Trinajstić information content (AvgIpc) is 2.62. The number of β-amino-alcohol motifs (C(OH)–C–C–N with tert-alkyl or cyclic N) is 2. The molecule has 5 nitrogen and oxygen atoms in total. The molecule has 2 rings (SSSR count). The topological polar surface area (TPSA) is 82.6 Å². The van der Waals surface area contributed by atoms with Gasteiger partial charge in [-0.25, -0.2) is 4.98 Å². The van der Waals surface area contributed by atoms with Gasteiger partial charge in [0.15, 0.2) is 5.13 Å². The van der Waals surface area contributed by atoms with E-state index >= 15 is 0 Å². The van der Waals surface area contributed by atoms with Crippen LogP contribution in [0.2, 0.25) is 0 Å². The highest BCUT2D eigenvalue weighted by atomic mass is 32.1. The highest BCUT2D eigenvalue weighted by Crippen LogP contribution is 2.19. The number of anilines is 1. The Labute approximate surface area is 85.8 Å². The number of aliphatic hydroxyl groups is 2. The predicted octanol–water partition coefficient (Wildman–Crippen LogP) is -0.737. The number of hydrogen-bond donors (Lipinski definition) is 3. The van der Waals surface area contributed by atoms with Crippen LogP contribution in [0.4, 0.5) is 5.13 Å². The largest absolute Gasteiger partial charge is 0.389 e. The molecular formula is C8H13N3O2S. The molecule has 0 saturated carbocycles. The summed E-state index contributed by atoms with van der Waals surface area (Å²) in [5.74, 6) is 0. The van der Waals surface area contributed by atoms with E-state index in [4.69, 9.17) is 5.73 Å². The standard InChI is InChI=1S/C8H13N3O2S/c9-8-10-1-5(14-8)2-11-3-6(12)7(13)4-11/h1,6-7,12-13H,2-4H2,(H2,9,10). The summed E-state index contributed by atoms with van der Waals surface area (Å²) in [6, 6.07) is 0. The van der Waals surface area contributed by atoms with Crippen molar-refractivity contribution in [1.29, 1.82) is 0 Å². The molecule has 0 amide bonds. The molecule has 4 N–H and O–H groups in total. The van der Waals surface area contributed by atoms with E-state index < -0.39 is 12.2 Å². The third-order valence-corrected chi connectivity index (χ3v) is 3.10. The minimum Gasteiger partial charge on any atom is -0.389 e. The first-order valence-electron chi connectivity index (χ1n) is 4.44. The van der Waals surface area contributed by atoms with E-state index in [1.165, 1.54) is 11.3 Å². The lowest BCUT2D eigenvalue weighted by atomic mass is 10.3. The molecular weight excluding hydrogens is 202 g/mol. The Morgan fingerprint density at radius 3 is 2.64 bits per heavy atom. The van der Waals surface area contributed by atoms with Crippen molar-refractivity contribution in [3.05, 3.63) is 11.1 Å². The second kappa shape index (κ2) is 3.82. The quantitative estimate of drug-likeness (QED) is 0.605. The van der Waals surface area contributed by atoms with Crippen molar-refractivity contribution >= 4 is 16.5 Å². The van der Waals surface area contributed by atoms with E-state index in [0.29, 0.717) is 24.8 Å². The summed E-state index contributed by atoms with van der Waals surface area (Å²) >= 11 is 1.44. The molecule has 1 saturated heterocycles. The molecule has 1 aromatic heterocycles. The minimum atomic E-state index is -0.625. The Morgan fingerprint density at radius 2 is 2.14 bits per heavy atom. The zero-order chi connectivity index (χ0) is 10.1. The van der Waals surface area contributed by atoms with Gasteiger partial charge < -0.3 is 15.9 Å². The number of hydrogen-bond acceptors (Lipinski definition) is 6. The average molecular weight is 215 g/mol. The van der Waals surface area contributed by atoms with Crippen LogP contribution in [0.1, 0.15) is 4.88 Å². The van der Waals surface area contributed by atoms with Gasteiger partial charge in [0.2, 0.25) is 0 Å². The van der Waals surface area contributed by atoms with Crippen LogP contribution < -0.4 is 5.73 Å². The molecule has 2 atom stereocenters. The fourth-order valence-electron chi connectivity index (χ4n) is 1.59. The van der Waals surface area contributed by atoms with Crippen molar-refractivity contribution < 1.29 is 10.2 Å². The number of rotatable bonds is 2. The Balaban J connectivity index is 1.93. The molecule has 78 valence electrons. The van der Waals surface area contributed by atoms with Gasteiger partial charge in [-0.05, 0) is 0 Å². The van der Waals surface area contributed by atoms with Gasteiger partial charge in [0.25, 0.3) is 0 Å². The summed E-state index contributed by atoms with van der Waals surface area (Å²) in [6.45, 7) is 1.72. The van der Waals surface area contributed by atoms with Crippen LogP contribution in [0.5, 0.6) is 0 Å². The van der Waals surface area contributed by atoms with Gasteiger partial charge >= 0.3 is 0 Å². The number of nitrogen functional groups attached to an aromatic ring is 1. The summed E-state index contributed by atoms with van der Waals surface area (Å²) in [5, 5.41) is 19.2. The summed E-state index contributed by atoms with van der Waals surface area (Å²) in [7, 11) is 0. The second-order valence-electron chi connectivity index (χ2n) is 3.49. The highest BCUT2D eigenvalue weighted by Gasteiger charge is 2.29. The second-order valence-corrected chi connectivity index (χ2v) is 4.64. The molecule has 1 aromatic rings. The Bertz CT molecular complexity index is 307. The monoisotopic (exact) mass is 215 g/mol. The van der Waals surface area contributed by atoms with Gasteiger partial charge in [0.1, 0.15) is 0 Å². The molecule has 2 unspecified atom stereocenters. The summed E-state index contributed by atoms with van der Waals surface area (Å²) in [5.41, 5.74) is 5.50. The molecule has 0 aliphatic carbocycles. The van der Waals surface area contributed by atoms with E-state index in [0.717, 1.165) is 4.88 Å². The first-order valence-corrected chi connectivity index (χ1v) is 5.25. The molecule has 1 aliphatic rings. The zero-order valence-electron chi connectivity index (χ0n) is 7.63. The van der Waals surface area contributed by atoms with Gasteiger partial charge in [-0.3, -0.25) is 4.90 Å². The Kier molecular flexibility index (Phi) is 2.69. The predicted molar refractivity (Wildman–Crippen MR) is 53.8 cm³/mol. The van der Waals surface area contributed by atoms with Gasteiger partial charge in [0.05, 0.1) is 12.2 Å². The molecule has 2 heterocycles. The van der Waals surface area contributed by atoms with Crippen molar-refractivity contribution in [1.82, 2.24) is 9.88 Å². The molecule has 1 fully saturated rings. The third-order valence-electron chi connectivity index (χ3n) is 2.29. The first-order chi connectivity index (χ1) is 6.65. The fourth-order valence-corrected chi connectivity index (χ4v) is 2.32. The third kappa shape index (κ3) is 2.03. The van der Waals surface area contributed by atoms with E-state index in [1.54, 1.807) is 6.20 Å². The van der Waals surface area contributed by atoms with Crippen LogP contribution in [-0.4, -0.2) is 45.4 Å². The van der Waals surface area contributed by atoms with Crippen molar-refractivity contribution in [3.8, 4) is 0 Å². The maximum absolute atomic E-state index is 9.32. The molecule has 14 heavy (non-hydrogen) atoms. The summed E-state index contributed by atoms with van der Waals surface area (Å²) in [6.07, 6.45) is 0.484. The Morgan fingerprint density at radius 1 is 1.50 bits per heavy atom. The van der Waals surface area contributed by atoms with Crippen LogP contribution in [0.3, 0.4) is 0 Å². The van der Waals surface area contributed by atoms with Crippen molar-refractivity contribution in [2.45, 2.75) is 18.8 Å². The SMILES string of the molecule is Nc1ncc(CN2CC(O)C(O)C2)s1. The number of nitrogens with zero attached hydrogens (tertiary/aromatic N) is 2.